The Morgan fingerprint density at radius 3 is 2.06 bits per heavy atom. The van der Waals surface area contributed by atoms with E-state index < -0.39 is 0 Å². The van der Waals surface area contributed by atoms with Crippen molar-refractivity contribution in [1.29, 1.82) is 5.26 Å². The van der Waals surface area contributed by atoms with E-state index in [2.05, 4.69) is 22.1 Å². The van der Waals surface area contributed by atoms with E-state index in [1.807, 2.05) is 54.6 Å². The van der Waals surface area contributed by atoms with E-state index in [4.69, 9.17) is 0 Å². The lowest BCUT2D eigenvalue weighted by molar-refractivity contribution is 1.26. The molecule has 84 valence electrons. The molecule has 0 saturated heterocycles. The quantitative estimate of drug-likeness (QED) is 0.480. The average Bonchev–Trinajstić information content (AvgIpc) is 2.42. The third-order valence-electron chi connectivity index (χ3n) is 2.46. The van der Waals surface area contributed by atoms with Gasteiger partial charge in [0.2, 0.25) is 0 Å². The summed E-state index contributed by atoms with van der Waals surface area (Å²) < 4.78 is 0. The second-order valence-corrected chi connectivity index (χ2v) is 4.13. The Morgan fingerprint density at radius 1 is 0.941 bits per heavy atom. The second kappa shape index (κ2) is 5.51. The highest BCUT2D eigenvalue weighted by Crippen LogP contribution is 2.24. The van der Waals surface area contributed by atoms with Gasteiger partial charge in [-0.1, -0.05) is 46.3 Å². The van der Waals surface area contributed by atoms with Crippen LogP contribution in [0.4, 0.5) is 11.4 Å². The monoisotopic (exact) mass is 286 g/mol. The van der Waals surface area contributed by atoms with Crippen LogP contribution in [-0.2, 0) is 5.33 Å². The number of hydrogen-bond donors (Lipinski definition) is 0. The van der Waals surface area contributed by atoms with Gasteiger partial charge < -0.3 is 0 Å². The average molecular weight is 287 g/mol. The summed E-state index contributed by atoms with van der Waals surface area (Å²) in [5, 5.41) is 10.1. The van der Waals surface area contributed by atoms with Gasteiger partial charge in [-0.05, 0) is 29.8 Å². The first-order chi connectivity index (χ1) is 8.35. The number of benzene rings is 2. The van der Waals surface area contributed by atoms with E-state index in [1.54, 1.807) is 4.90 Å². The number of para-hydroxylation sites is 1. The summed E-state index contributed by atoms with van der Waals surface area (Å²) >= 11 is 3.40. The summed E-state index contributed by atoms with van der Waals surface area (Å²) in [4.78, 5) is 1.61. The smallest absolute Gasteiger partial charge is 0.189 e. The maximum atomic E-state index is 9.23. The third-order valence-corrected chi connectivity index (χ3v) is 3.11. The van der Waals surface area contributed by atoms with Gasteiger partial charge in [-0.3, -0.25) is 0 Å². The van der Waals surface area contributed by atoms with Crippen LogP contribution in [-0.4, -0.2) is 0 Å². The lowest BCUT2D eigenvalue weighted by Gasteiger charge is -2.15. The molecule has 0 unspecified atom stereocenters. The number of nitrogens with zero attached hydrogens (tertiary/aromatic N) is 2. The van der Waals surface area contributed by atoms with Gasteiger partial charge in [-0.2, -0.15) is 5.26 Å². The Bertz CT molecular complexity index is 514. The first kappa shape index (κ1) is 11.7. The van der Waals surface area contributed by atoms with Crippen molar-refractivity contribution in [2.45, 2.75) is 5.33 Å². The molecule has 0 heterocycles. The fraction of sp³-hybridized carbons (Fsp3) is 0.0714. The molecule has 0 radical (unpaired) electrons. The first-order valence-corrected chi connectivity index (χ1v) is 6.37. The van der Waals surface area contributed by atoms with Crippen LogP contribution in [0.1, 0.15) is 5.56 Å². The molecule has 0 fully saturated rings. The SMILES string of the molecule is N#CN(c1ccccc1)c1ccc(CBr)cc1. The van der Waals surface area contributed by atoms with Gasteiger partial charge in [0.15, 0.2) is 6.19 Å². The molecule has 0 atom stereocenters. The minimum Gasteiger partial charge on any atom is -0.248 e. The van der Waals surface area contributed by atoms with Crippen LogP contribution < -0.4 is 4.90 Å². The Kier molecular flexibility index (Phi) is 3.79. The van der Waals surface area contributed by atoms with Crippen molar-refractivity contribution in [3.63, 3.8) is 0 Å². The van der Waals surface area contributed by atoms with E-state index >= 15 is 0 Å². The van der Waals surface area contributed by atoms with Crippen molar-refractivity contribution >= 4 is 27.3 Å². The molecule has 0 aliphatic rings. The zero-order chi connectivity index (χ0) is 12.1. The molecule has 0 bridgehead atoms. The van der Waals surface area contributed by atoms with Gasteiger partial charge in [0.25, 0.3) is 0 Å². The molecule has 2 nitrogen and oxygen atoms in total. The molecule has 0 aromatic heterocycles. The lowest BCUT2D eigenvalue weighted by Crippen LogP contribution is -2.08. The highest BCUT2D eigenvalue weighted by atomic mass is 79.9. The fourth-order valence-electron chi connectivity index (χ4n) is 1.58. The van der Waals surface area contributed by atoms with Crippen molar-refractivity contribution in [1.82, 2.24) is 0 Å². The predicted octanol–water partition coefficient (Wildman–Crippen LogP) is 4.20. The molecular formula is C14H11BrN2. The molecule has 0 saturated carbocycles. The maximum absolute atomic E-state index is 9.23. The topological polar surface area (TPSA) is 27.0 Å². The van der Waals surface area contributed by atoms with E-state index in [1.165, 1.54) is 5.56 Å². The minimum atomic E-state index is 0.825. The molecule has 2 aromatic rings. The van der Waals surface area contributed by atoms with Gasteiger partial charge >= 0.3 is 0 Å². The molecule has 0 amide bonds. The van der Waals surface area contributed by atoms with E-state index in [0.29, 0.717) is 0 Å². The molecule has 3 heteroatoms. The summed E-state index contributed by atoms with van der Waals surface area (Å²) in [6.07, 6.45) is 2.19. The zero-order valence-electron chi connectivity index (χ0n) is 9.18. The minimum absolute atomic E-state index is 0.825. The lowest BCUT2D eigenvalue weighted by atomic mass is 10.2. The molecule has 2 rings (SSSR count). The summed E-state index contributed by atoms with van der Waals surface area (Å²) in [7, 11) is 0. The van der Waals surface area contributed by atoms with Crippen LogP contribution in [0.15, 0.2) is 54.6 Å². The van der Waals surface area contributed by atoms with E-state index in [-0.39, 0.29) is 0 Å². The van der Waals surface area contributed by atoms with Crippen LogP contribution >= 0.6 is 15.9 Å². The van der Waals surface area contributed by atoms with Crippen LogP contribution in [0.5, 0.6) is 0 Å². The van der Waals surface area contributed by atoms with Gasteiger partial charge in [0.05, 0.1) is 11.4 Å². The Balaban J connectivity index is 2.33. The predicted molar refractivity (Wildman–Crippen MR) is 73.3 cm³/mol. The maximum Gasteiger partial charge on any atom is 0.189 e. The van der Waals surface area contributed by atoms with E-state index in [9.17, 15) is 5.26 Å². The number of alkyl halides is 1. The molecule has 0 aliphatic carbocycles. The number of halogens is 1. The molecular weight excluding hydrogens is 276 g/mol. The summed E-state index contributed by atoms with van der Waals surface area (Å²) in [5.41, 5.74) is 2.95. The van der Waals surface area contributed by atoms with Crippen molar-refractivity contribution < 1.29 is 0 Å². The van der Waals surface area contributed by atoms with Crippen molar-refractivity contribution in [3.8, 4) is 6.19 Å². The number of hydrogen-bond acceptors (Lipinski definition) is 2. The molecule has 2 aromatic carbocycles. The Morgan fingerprint density at radius 2 is 1.53 bits per heavy atom. The van der Waals surface area contributed by atoms with Crippen molar-refractivity contribution in [2.24, 2.45) is 0 Å². The number of rotatable bonds is 3. The highest BCUT2D eigenvalue weighted by molar-refractivity contribution is 9.08. The first-order valence-electron chi connectivity index (χ1n) is 5.25. The van der Waals surface area contributed by atoms with Crippen molar-refractivity contribution in [2.75, 3.05) is 4.90 Å². The molecule has 0 N–H and O–H groups in total. The standard InChI is InChI=1S/C14H11BrN2/c15-10-12-6-8-14(9-7-12)17(11-16)13-4-2-1-3-5-13/h1-9H,10H2. The highest BCUT2D eigenvalue weighted by Gasteiger charge is 2.07. The second-order valence-electron chi connectivity index (χ2n) is 3.57. The normalized spacial score (nSPS) is 9.65. The summed E-state index contributed by atoms with van der Waals surface area (Å²) in [6.45, 7) is 0. The Labute approximate surface area is 109 Å². The van der Waals surface area contributed by atoms with Crippen molar-refractivity contribution in [3.05, 3.63) is 60.2 Å². The Hall–Kier alpha value is -1.79. The van der Waals surface area contributed by atoms with Gasteiger partial charge in [-0.15, -0.1) is 0 Å². The molecule has 0 aliphatic heterocycles. The van der Waals surface area contributed by atoms with E-state index in [0.717, 1.165) is 16.7 Å². The third kappa shape index (κ3) is 2.66. The fourth-order valence-corrected chi connectivity index (χ4v) is 1.95. The van der Waals surface area contributed by atoms with Crippen LogP contribution in [0, 0.1) is 11.5 Å². The summed E-state index contributed by atoms with van der Waals surface area (Å²) in [6, 6.07) is 17.5. The largest absolute Gasteiger partial charge is 0.248 e. The van der Waals surface area contributed by atoms with Crippen LogP contribution in [0.2, 0.25) is 0 Å². The van der Waals surface area contributed by atoms with Gasteiger partial charge in [0.1, 0.15) is 0 Å². The summed E-state index contributed by atoms with van der Waals surface area (Å²) in [5.74, 6) is 0. The number of anilines is 2. The molecule has 0 spiro atoms. The zero-order valence-corrected chi connectivity index (χ0v) is 10.8. The van der Waals surface area contributed by atoms with Gasteiger partial charge in [-0.25, -0.2) is 4.90 Å². The van der Waals surface area contributed by atoms with Gasteiger partial charge in [0, 0.05) is 5.33 Å². The molecule has 17 heavy (non-hydrogen) atoms. The van der Waals surface area contributed by atoms with Crippen LogP contribution in [0.25, 0.3) is 0 Å². The van der Waals surface area contributed by atoms with Crippen LogP contribution in [0.3, 0.4) is 0 Å². The number of nitriles is 1.